The van der Waals surface area contributed by atoms with E-state index in [0.29, 0.717) is 11.2 Å². The van der Waals surface area contributed by atoms with E-state index in [1.54, 1.807) is 7.11 Å². The summed E-state index contributed by atoms with van der Waals surface area (Å²) in [7, 11) is 1.71. The lowest BCUT2D eigenvalue weighted by Crippen LogP contribution is -2.31. The third kappa shape index (κ3) is 3.78. The number of tetrazole rings is 1. The number of hydrogen-bond acceptors (Lipinski definition) is 7. The van der Waals surface area contributed by atoms with Crippen LogP contribution >= 0.6 is 11.8 Å². The van der Waals surface area contributed by atoms with Gasteiger partial charge in [0.1, 0.15) is 11.4 Å². The van der Waals surface area contributed by atoms with Gasteiger partial charge in [0.15, 0.2) is 0 Å². The summed E-state index contributed by atoms with van der Waals surface area (Å²) in [5.41, 5.74) is 0. The Morgan fingerprint density at radius 3 is 2.82 bits per heavy atom. The van der Waals surface area contributed by atoms with E-state index in [1.165, 1.54) is 11.8 Å². The van der Waals surface area contributed by atoms with Crippen LogP contribution in [0.25, 0.3) is 0 Å². The first-order chi connectivity index (χ1) is 10.7. The molecule has 1 aromatic heterocycles. The Morgan fingerprint density at radius 1 is 1.32 bits per heavy atom. The number of thioether (sulfide) groups is 1. The zero-order valence-corrected chi connectivity index (χ0v) is 13.8. The average Bonchev–Trinajstić information content (AvgIpc) is 3.27. The van der Waals surface area contributed by atoms with Crippen LogP contribution in [0.1, 0.15) is 51.5 Å². The topological polar surface area (TPSA) is 79.1 Å². The van der Waals surface area contributed by atoms with Crippen LogP contribution in [-0.2, 0) is 14.3 Å². The van der Waals surface area contributed by atoms with Crippen molar-refractivity contribution in [2.75, 3.05) is 7.11 Å². The molecule has 7 nitrogen and oxygen atoms in total. The van der Waals surface area contributed by atoms with Crippen LogP contribution in [-0.4, -0.2) is 50.7 Å². The van der Waals surface area contributed by atoms with E-state index < -0.39 is 0 Å². The zero-order valence-electron chi connectivity index (χ0n) is 13.0. The predicted octanol–water partition coefficient (Wildman–Crippen LogP) is 1.99. The Kier molecular flexibility index (Phi) is 4.97. The molecule has 0 bridgehead atoms. The molecule has 0 aromatic carbocycles. The number of esters is 1. The molecule has 0 N–H and O–H groups in total. The lowest BCUT2D eigenvalue weighted by atomic mass is 9.95. The quantitative estimate of drug-likeness (QED) is 0.584. The molecule has 2 fully saturated rings. The van der Waals surface area contributed by atoms with Crippen molar-refractivity contribution in [3.8, 4) is 0 Å². The van der Waals surface area contributed by atoms with Gasteiger partial charge in [-0.3, -0.25) is 4.79 Å². The molecule has 2 aliphatic rings. The molecule has 3 rings (SSSR count). The number of nitrogens with zero attached hydrogens (tertiary/aromatic N) is 4. The van der Waals surface area contributed by atoms with Gasteiger partial charge in [-0.05, 0) is 49.5 Å². The van der Waals surface area contributed by atoms with Crippen LogP contribution in [0.15, 0.2) is 5.16 Å². The van der Waals surface area contributed by atoms with E-state index in [-0.39, 0.29) is 23.4 Å². The van der Waals surface area contributed by atoms with Gasteiger partial charge < -0.3 is 9.47 Å². The molecule has 22 heavy (non-hydrogen) atoms. The van der Waals surface area contributed by atoms with Gasteiger partial charge in [0.25, 0.3) is 0 Å². The van der Waals surface area contributed by atoms with Crippen molar-refractivity contribution in [1.29, 1.82) is 0 Å². The maximum atomic E-state index is 12.3. The minimum atomic E-state index is -0.313. The van der Waals surface area contributed by atoms with Crippen molar-refractivity contribution in [2.24, 2.45) is 0 Å². The number of aromatic nitrogens is 4. The molecular formula is C14H22N4O3S. The Hall–Kier alpha value is -1.15. The van der Waals surface area contributed by atoms with Crippen molar-refractivity contribution in [2.45, 2.75) is 74.1 Å². The van der Waals surface area contributed by atoms with Gasteiger partial charge in [-0.15, -0.1) is 5.10 Å². The first-order valence-corrected chi connectivity index (χ1v) is 8.73. The van der Waals surface area contributed by atoms with Crippen LogP contribution in [0.4, 0.5) is 0 Å². The predicted molar refractivity (Wildman–Crippen MR) is 80.6 cm³/mol. The van der Waals surface area contributed by atoms with Gasteiger partial charge >= 0.3 is 5.97 Å². The van der Waals surface area contributed by atoms with E-state index in [9.17, 15) is 4.79 Å². The Bertz CT molecular complexity index is 520. The van der Waals surface area contributed by atoms with Gasteiger partial charge in [0, 0.05) is 13.5 Å². The second-order valence-corrected chi connectivity index (χ2v) is 7.29. The maximum Gasteiger partial charge on any atom is 0.319 e. The summed E-state index contributed by atoms with van der Waals surface area (Å²) in [6, 6.07) is 0.404. The summed E-state index contributed by atoms with van der Waals surface area (Å²) in [5, 5.41) is 12.1. The number of hydrogen-bond donors (Lipinski definition) is 0. The average molecular weight is 326 g/mol. The molecule has 122 valence electrons. The van der Waals surface area contributed by atoms with Crippen molar-refractivity contribution in [3.63, 3.8) is 0 Å². The van der Waals surface area contributed by atoms with Crippen LogP contribution in [0, 0.1) is 0 Å². The molecule has 1 aromatic rings. The van der Waals surface area contributed by atoms with Crippen molar-refractivity contribution < 1.29 is 14.3 Å². The van der Waals surface area contributed by atoms with Crippen LogP contribution in [0.2, 0.25) is 0 Å². The lowest BCUT2D eigenvalue weighted by molar-refractivity contribution is -0.151. The number of ether oxygens (including phenoxy) is 2. The second-order valence-electron chi connectivity index (χ2n) is 5.98. The molecule has 0 amide bonds. The third-order valence-corrected chi connectivity index (χ3v) is 5.19. The number of methoxy groups -OCH3 is 1. The molecule has 3 atom stereocenters. The van der Waals surface area contributed by atoms with Crippen LogP contribution in [0.3, 0.4) is 0 Å². The first kappa shape index (κ1) is 15.7. The fourth-order valence-electron chi connectivity index (χ4n) is 2.70. The molecule has 2 aliphatic carbocycles. The van der Waals surface area contributed by atoms with E-state index in [2.05, 4.69) is 15.5 Å². The molecule has 0 aliphatic heterocycles. The molecule has 0 spiro atoms. The Labute approximate surface area is 134 Å². The minimum Gasteiger partial charge on any atom is -0.461 e. The maximum absolute atomic E-state index is 12.3. The van der Waals surface area contributed by atoms with Crippen LogP contribution < -0.4 is 0 Å². The standard InChI is InChI=1S/C14H22N4O3S/c1-9(22-14-15-16-17-18(14)10-6-7-10)13(19)21-12-5-3-4-11(8-12)20-2/h9-12H,3-8H2,1-2H3/t9-,11+,12-/m0/s1. The van der Waals surface area contributed by atoms with Crippen molar-refractivity contribution in [3.05, 3.63) is 0 Å². The number of rotatable bonds is 6. The highest BCUT2D eigenvalue weighted by Gasteiger charge is 2.31. The molecule has 0 saturated heterocycles. The van der Waals surface area contributed by atoms with Gasteiger partial charge in [-0.2, -0.15) is 0 Å². The lowest BCUT2D eigenvalue weighted by Gasteiger charge is -2.28. The fourth-order valence-corrected chi connectivity index (χ4v) is 3.55. The Balaban J connectivity index is 1.52. The molecular weight excluding hydrogens is 304 g/mol. The monoisotopic (exact) mass is 326 g/mol. The van der Waals surface area contributed by atoms with Crippen LogP contribution in [0.5, 0.6) is 0 Å². The van der Waals surface area contributed by atoms with Crippen molar-refractivity contribution in [1.82, 2.24) is 20.2 Å². The van der Waals surface area contributed by atoms with Crippen molar-refractivity contribution >= 4 is 17.7 Å². The largest absolute Gasteiger partial charge is 0.461 e. The van der Waals surface area contributed by atoms with E-state index in [0.717, 1.165) is 38.5 Å². The molecule has 2 saturated carbocycles. The molecule has 0 radical (unpaired) electrons. The number of carbonyl (C=O) groups excluding carboxylic acids is 1. The van der Waals surface area contributed by atoms with Gasteiger partial charge in [-0.25, -0.2) is 4.68 Å². The van der Waals surface area contributed by atoms with Gasteiger partial charge in [-0.1, -0.05) is 11.8 Å². The summed E-state index contributed by atoms with van der Waals surface area (Å²) in [6.07, 6.45) is 6.19. The number of carbonyl (C=O) groups is 1. The molecule has 1 heterocycles. The summed E-state index contributed by atoms with van der Waals surface area (Å²) in [6.45, 7) is 1.84. The summed E-state index contributed by atoms with van der Waals surface area (Å²) in [4.78, 5) is 12.3. The highest BCUT2D eigenvalue weighted by Crippen LogP contribution is 2.37. The van der Waals surface area contributed by atoms with Gasteiger partial charge in [0.2, 0.25) is 5.16 Å². The summed E-state index contributed by atoms with van der Waals surface area (Å²) in [5.74, 6) is -0.197. The summed E-state index contributed by atoms with van der Waals surface area (Å²) >= 11 is 1.37. The summed E-state index contributed by atoms with van der Waals surface area (Å²) < 4.78 is 12.8. The normalized spacial score (nSPS) is 26.6. The smallest absolute Gasteiger partial charge is 0.319 e. The third-order valence-electron chi connectivity index (χ3n) is 4.16. The fraction of sp³-hybridized carbons (Fsp3) is 0.857. The molecule has 8 heteroatoms. The van der Waals surface area contributed by atoms with Gasteiger partial charge in [0.05, 0.1) is 12.1 Å². The van der Waals surface area contributed by atoms with E-state index in [1.807, 2.05) is 11.6 Å². The highest BCUT2D eigenvalue weighted by molar-refractivity contribution is 8.00. The second kappa shape index (κ2) is 6.95. The van der Waals surface area contributed by atoms with E-state index in [4.69, 9.17) is 9.47 Å². The highest BCUT2D eigenvalue weighted by atomic mass is 32.2. The first-order valence-electron chi connectivity index (χ1n) is 7.85. The zero-order chi connectivity index (χ0) is 15.5. The Morgan fingerprint density at radius 2 is 2.09 bits per heavy atom. The van der Waals surface area contributed by atoms with E-state index >= 15 is 0 Å². The minimum absolute atomic E-state index is 0.0336. The SMILES string of the molecule is CO[C@@H]1CCC[C@H](OC(=O)[C@H](C)Sc2nnnn2C2CC2)C1. The molecule has 0 unspecified atom stereocenters.